The molecule has 126 valence electrons. The summed E-state index contributed by atoms with van der Waals surface area (Å²) in [5.74, 6) is 0.229. The van der Waals surface area contributed by atoms with Crippen molar-refractivity contribution in [1.82, 2.24) is 10.2 Å². The Hall–Kier alpha value is -0.910. The maximum absolute atomic E-state index is 12.4. The zero-order valence-corrected chi connectivity index (χ0v) is 14.1. The largest absolute Gasteiger partial charge is 0.435 e. The van der Waals surface area contributed by atoms with Gasteiger partial charge in [0.15, 0.2) is 0 Å². The van der Waals surface area contributed by atoms with Crippen molar-refractivity contribution in [3.05, 3.63) is 29.8 Å². The molecule has 0 unspecified atom stereocenters. The molecular formula is C16H25ClF2N2O. The highest BCUT2D eigenvalue weighted by Gasteiger charge is 2.32. The highest BCUT2D eigenvalue weighted by Crippen LogP contribution is 2.39. The van der Waals surface area contributed by atoms with Crippen LogP contribution in [0.15, 0.2) is 24.3 Å². The lowest BCUT2D eigenvalue weighted by Gasteiger charge is -2.42. The van der Waals surface area contributed by atoms with Gasteiger partial charge in [0, 0.05) is 32.2 Å². The summed E-state index contributed by atoms with van der Waals surface area (Å²) in [7, 11) is 0. The minimum Gasteiger partial charge on any atom is -0.435 e. The van der Waals surface area contributed by atoms with Crippen molar-refractivity contribution in [3.8, 4) is 5.75 Å². The lowest BCUT2D eigenvalue weighted by Crippen LogP contribution is -2.48. The van der Waals surface area contributed by atoms with Gasteiger partial charge in [0.05, 0.1) is 0 Å². The van der Waals surface area contributed by atoms with Crippen molar-refractivity contribution >= 4 is 12.4 Å². The van der Waals surface area contributed by atoms with Gasteiger partial charge in [-0.05, 0) is 23.1 Å². The molecule has 22 heavy (non-hydrogen) atoms. The van der Waals surface area contributed by atoms with E-state index >= 15 is 0 Å². The quantitative estimate of drug-likeness (QED) is 0.908. The number of hydrogen-bond donors (Lipinski definition) is 1. The number of piperazine rings is 1. The Balaban J connectivity index is 0.00000242. The maximum atomic E-state index is 12.4. The topological polar surface area (TPSA) is 24.5 Å². The minimum absolute atomic E-state index is 0. The Morgan fingerprint density at radius 1 is 1.18 bits per heavy atom. The summed E-state index contributed by atoms with van der Waals surface area (Å²) in [4.78, 5) is 2.41. The van der Waals surface area contributed by atoms with E-state index in [0.29, 0.717) is 0 Å². The number of halogens is 3. The van der Waals surface area contributed by atoms with E-state index < -0.39 is 6.61 Å². The van der Waals surface area contributed by atoms with Gasteiger partial charge in [-0.1, -0.05) is 32.9 Å². The van der Waals surface area contributed by atoms with Gasteiger partial charge in [0.25, 0.3) is 0 Å². The van der Waals surface area contributed by atoms with Gasteiger partial charge in [-0.2, -0.15) is 8.78 Å². The van der Waals surface area contributed by atoms with Crippen LogP contribution in [0.25, 0.3) is 0 Å². The number of nitrogens with zero attached hydrogens (tertiary/aromatic N) is 1. The first-order chi connectivity index (χ1) is 9.88. The molecule has 1 aliphatic rings. The van der Waals surface area contributed by atoms with Gasteiger partial charge >= 0.3 is 6.61 Å². The molecular weight excluding hydrogens is 310 g/mol. The van der Waals surface area contributed by atoms with Crippen LogP contribution in [-0.2, 0) is 0 Å². The lowest BCUT2D eigenvalue weighted by molar-refractivity contribution is -0.0499. The van der Waals surface area contributed by atoms with Crippen LogP contribution in [0.2, 0.25) is 0 Å². The summed E-state index contributed by atoms with van der Waals surface area (Å²) in [6, 6.07) is 7.28. The summed E-state index contributed by atoms with van der Waals surface area (Å²) in [5.41, 5.74) is 1.04. The molecule has 1 aliphatic heterocycles. The SMILES string of the molecule is CC(C)(C)[C@@H](c1cccc(OC(F)F)c1)N1CCNCC1.Cl. The molecule has 2 rings (SSSR count). The number of rotatable bonds is 4. The molecule has 0 radical (unpaired) electrons. The predicted molar refractivity (Wildman–Crippen MR) is 87.0 cm³/mol. The molecule has 0 amide bonds. The first-order valence-electron chi connectivity index (χ1n) is 7.37. The molecule has 0 aromatic heterocycles. The Labute approximate surface area is 137 Å². The van der Waals surface area contributed by atoms with Crippen molar-refractivity contribution in [2.24, 2.45) is 5.41 Å². The summed E-state index contributed by atoms with van der Waals surface area (Å²) >= 11 is 0. The van der Waals surface area contributed by atoms with Crippen molar-refractivity contribution in [2.45, 2.75) is 33.4 Å². The predicted octanol–water partition coefficient (Wildman–Crippen LogP) is 3.70. The van der Waals surface area contributed by atoms with E-state index in [0.717, 1.165) is 31.7 Å². The second-order valence-electron chi connectivity index (χ2n) is 6.51. The number of hydrogen-bond acceptors (Lipinski definition) is 3. The van der Waals surface area contributed by atoms with Gasteiger partial charge in [0.1, 0.15) is 5.75 Å². The molecule has 0 aliphatic carbocycles. The van der Waals surface area contributed by atoms with Crippen molar-refractivity contribution < 1.29 is 13.5 Å². The number of alkyl halides is 2. The van der Waals surface area contributed by atoms with Crippen LogP contribution in [0, 0.1) is 5.41 Å². The molecule has 6 heteroatoms. The number of benzene rings is 1. The molecule has 1 aromatic rings. The van der Waals surface area contributed by atoms with E-state index in [1.807, 2.05) is 6.07 Å². The first kappa shape index (κ1) is 19.1. The van der Waals surface area contributed by atoms with E-state index in [2.05, 4.69) is 35.7 Å². The third-order valence-electron chi connectivity index (χ3n) is 3.74. The van der Waals surface area contributed by atoms with Gasteiger partial charge in [0.2, 0.25) is 0 Å². The summed E-state index contributed by atoms with van der Waals surface area (Å²) < 4.78 is 29.3. The van der Waals surface area contributed by atoms with Crippen LogP contribution in [0.4, 0.5) is 8.78 Å². The third kappa shape index (κ3) is 5.07. The summed E-state index contributed by atoms with van der Waals surface area (Å²) in [6.45, 7) is 7.59. The molecule has 1 saturated heterocycles. The Kier molecular flexibility index (Phi) is 7.03. The maximum Gasteiger partial charge on any atom is 0.387 e. The van der Waals surface area contributed by atoms with Gasteiger partial charge in [-0.25, -0.2) is 0 Å². The van der Waals surface area contributed by atoms with Crippen molar-refractivity contribution in [1.29, 1.82) is 0 Å². The molecule has 1 aromatic carbocycles. The summed E-state index contributed by atoms with van der Waals surface area (Å²) in [5, 5.41) is 3.34. The molecule has 0 bridgehead atoms. The van der Waals surface area contributed by atoms with Crippen molar-refractivity contribution in [3.63, 3.8) is 0 Å². The molecule has 1 atom stereocenters. The normalized spacial score (nSPS) is 17.9. The van der Waals surface area contributed by atoms with Crippen LogP contribution < -0.4 is 10.1 Å². The molecule has 0 saturated carbocycles. The first-order valence-corrected chi connectivity index (χ1v) is 7.37. The van der Waals surface area contributed by atoms with Crippen LogP contribution in [-0.4, -0.2) is 37.7 Å². The Bertz CT molecular complexity index is 460. The zero-order valence-electron chi connectivity index (χ0n) is 13.3. The van der Waals surface area contributed by atoms with E-state index in [1.165, 1.54) is 0 Å². The van der Waals surface area contributed by atoms with Gasteiger partial charge in [-0.3, -0.25) is 4.90 Å². The van der Waals surface area contributed by atoms with Crippen LogP contribution in [0.1, 0.15) is 32.4 Å². The van der Waals surface area contributed by atoms with E-state index in [-0.39, 0.29) is 29.6 Å². The number of nitrogens with one attached hydrogen (secondary N) is 1. The van der Waals surface area contributed by atoms with Gasteiger partial charge in [-0.15, -0.1) is 12.4 Å². The molecule has 0 spiro atoms. The van der Waals surface area contributed by atoms with Gasteiger partial charge < -0.3 is 10.1 Å². The minimum atomic E-state index is -2.78. The Morgan fingerprint density at radius 3 is 2.36 bits per heavy atom. The average Bonchev–Trinajstić information content (AvgIpc) is 2.38. The Morgan fingerprint density at radius 2 is 1.82 bits per heavy atom. The van der Waals surface area contributed by atoms with E-state index in [4.69, 9.17) is 0 Å². The van der Waals surface area contributed by atoms with Crippen LogP contribution in [0.3, 0.4) is 0 Å². The molecule has 1 N–H and O–H groups in total. The number of ether oxygens (including phenoxy) is 1. The molecule has 1 fully saturated rings. The van der Waals surface area contributed by atoms with Crippen molar-refractivity contribution in [2.75, 3.05) is 26.2 Å². The average molecular weight is 335 g/mol. The fourth-order valence-electron chi connectivity index (χ4n) is 3.06. The third-order valence-corrected chi connectivity index (χ3v) is 3.74. The lowest BCUT2D eigenvalue weighted by atomic mass is 9.81. The summed E-state index contributed by atoms with van der Waals surface area (Å²) in [6.07, 6.45) is 0. The van der Waals surface area contributed by atoms with E-state index in [9.17, 15) is 8.78 Å². The molecule has 1 heterocycles. The van der Waals surface area contributed by atoms with E-state index in [1.54, 1.807) is 18.2 Å². The zero-order chi connectivity index (χ0) is 15.5. The van der Waals surface area contributed by atoms with Crippen LogP contribution in [0.5, 0.6) is 5.75 Å². The fourth-order valence-corrected chi connectivity index (χ4v) is 3.06. The fraction of sp³-hybridized carbons (Fsp3) is 0.625. The second-order valence-corrected chi connectivity index (χ2v) is 6.51. The highest BCUT2D eigenvalue weighted by atomic mass is 35.5. The highest BCUT2D eigenvalue weighted by molar-refractivity contribution is 5.85. The standard InChI is InChI=1S/C16H24F2N2O.ClH/c1-16(2,3)14(20-9-7-19-8-10-20)12-5-4-6-13(11-12)21-15(17)18;/h4-6,11,14-15,19H,7-10H2,1-3H3;1H/t14-;/m1./s1. The second kappa shape index (κ2) is 8.09. The monoisotopic (exact) mass is 334 g/mol. The van der Waals surface area contributed by atoms with Crippen LogP contribution >= 0.6 is 12.4 Å². The molecule has 3 nitrogen and oxygen atoms in total. The smallest absolute Gasteiger partial charge is 0.387 e.